The van der Waals surface area contributed by atoms with Gasteiger partial charge in [0.25, 0.3) is 5.56 Å². The lowest BCUT2D eigenvalue weighted by atomic mass is 10.1. The zero-order valence-corrected chi connectivity index (χ0v) is 20.6. The first-order chi connectivity index (χ1) is 16.6. The van der Waals surface area contributed by atoms with Crippen molar-refractivity contribution in [2.75, 3.05) is 12.3 Å². The van der Waals surface area contributed by atoms with Crippen LogP contribution in [0.5, 0.6) is 0 Å². The van der Waals surface area contributed by atoms with Crippen LogP contribution in [0.2, 0.25) is 0 Å². The highest BCUT2D eigenvalue weighted by molar-refractivity contribution is 7.99. The Hall–Kier alpha value is -3.42. The summed E-state index contributed by atoms with van der Waals surface area (Å²) in [5.74, 6) is 0.845. The van der Waals surface area contributed by atoms with Gasteiger partial charge in [-0.05, 0) is 38.1 Å². The Morgan fingerprint density at radius 1 is 1.03 bits per heavy atom. The largest absolute Gasteiger partial charge is 0.288 e. The average molecular weight is 485 g/mol. The third-order valence-corrected chi connectivity index (χ3v) is 7.53. The van der Waals surface area contributed by atoms with Crippen LogP contribution in [0.25, 0.3) is 26.6 Å². The standard InChI is InChI=1S/C27H24N4OS2/c1-18-12-14-21(15-13-18)33-17-16-28-19(2)24-25(20-8-4-3-5-9-20)30-31(26(24)32)27-29-22-10-6-7-11-23(22)34-27/h3-15,30H,16-17H2,1-2H3. The van der Waals surface area contributed by atoms with Gasteiger partial charge in [-0.2, -0.15) is 4.68 Å². The maximum absolute atomic E-state index is 13.6. The molecule has 0 saturated carbocycles. The van der Waals surface area contributed by atoms with Crippen LogP contribution in [-0.4, -0.2) is 32.8 Å². The zero-order chi connectivity index (χ0) is 23.5. The predicted molar refractivity (Wildman–Crippen MR) is 144 cm³/mol. The number of thiazole rings is 1. The molecule has 0 unspecified atom stereocenters. The highest BCUT2D eigenvalue weighted by Gasteiger charge is 2.20. The first kappa shape index (κ1) is 22.4. The molecule has 0 saturated heterocycles. The van der Waals surface area contributed by atoms with Crippen molar-refractivity contribution in [3.8, 4) is 16.4 Å². The van der Waals surface area contributed by atoms with Crippen molar-refractivity contribution in [2.24, 2.45) is 4.99 Å². The lowest BCUT2D eigenvalue weighted by molar-refractivity contribution is 0.845. The molecule has 170 valence electrons. The van der Waals surface area contributed by atoms with E-state index < -0.39 is 0 Å². The number of aromatic amines is 1. The van der Waals surface area contributed by atoms with Crippen molar-refractivity contribution in [1.29, 1.82) is 0 Å². The van der Waals surface area contributed by atoms with E-state index in [1.54, 1.807) is 16.4 Å². The maximum Gasteiger partial charge on any atom is 0.283 e. The van der Waals surface area contributed by atoms with E-state index in [1.165, 1.54) is 21.8 Å². The second kappa shape index (κ2) is 9.83. The summed E-state index contributed by atoms with van der Waals surface area (Å²) in [6.45, 7) is 4.63. The van der Waals surface area contributed by atoms with E-state index in [0.29, 0.717) is 17.2 Å². The van der Waals surface area contributed by atoms with Crippen molar-refractivity contribution < 1.29 is 0 Å². The number of aryl methyl sites for hydroxylation is 1. The van der Waals surface area contributed by atoms with Gasteiger partial charge in [0.1, 0.15) is 0 Å². The summed E-state index contributed by atoms with van der Waals surface area (Å²) < 4.78 is 2.59. The third kappa shape index (κ3) is 4.62. The molecule has 0 aliphatic carbocycles. The van der Waals surface area contributed by atoms with Crippen LogP contribution < -0.4 is 5.56 Å². The molecule has 5 nitrogen and oxygen atoms in total. The summed E-state index contributed by atoms with van der Waals surface area (Å²) in [6.07, 6.45) is 0. The summed E-state index contributed by atoms with van der Waals surface area (Å²) in [7, 11) is 0. The fourth-order valence-electron chi connectivity index (χ4n) is 3.77. The van der Waals surface area contributed by atoms with Gasteiger partial charge in [0.2, 0.25) is 5.13 Å². The number of hydrogen-bond acceptors (Lipinski definition) is 5. The maximum atomic E-state index is 13.6. The van der Waals surface area contributed by atoms with E-state index in [-0.39, 0.29) is 5.56 Å². The molecule has 0 atom stereocenters. The molecule has 0 bridgehead atoms. The monoisotopic (exact) mass is 484 g/mol. The molecule has 2 aromatic heterocycles. The highest BCUT2D eigenvalue weighted by atomic mass is 32.2. The van der Waals surface area contributed by atoms with Gasteiger partial charge in [0.05, 0.1) is 21.5 Å². The number of rotatable bonds is 7. The molecule has 0 aliphatic rings. The van der Waals surface area contributed by atoms with E-state index >= 15 is 0 Å². The lowest BCUT2D eigenvalue weighted by Gasteiger charge is -2.03. The average Bonchev–Trinajstić information content (AvgIpc) is 3.44. The van der Waals surface area contributed by atoms with Crippen LogP contribution in [0.3, 0.4) is 0 Å². The number of fused-ring (bicyclic) bond motifs is 1. The van der Waals surface area contributed by atoms with Crippen molar-refractivity contribution in [1.82, 2.24) is 14.8 Å². The van der Waals surface area contributed by atoms with Crippen molar-refractivity contribution in [3.05, 3.63) is 100 Å². The molecule has 5 aromatic rings. The summed E-state index contributed by atoms with van der Waals surface area (Å²) in [5.41, 5.74) is 5.02. The number of benzene rings is 3. The van der Waals surface area contributed by atoms with E-state index in [4.69, 9.17) is 4.99 Å². The number of nitrogens with zero attached hydrogens (tertiary/aromatic N) is 3. The fourth-order valence-corrected chi connectivity index (χ4v) is 5.44. The quantitative estimate of drug-likeness (QED) is 0.166. The Kier molecular flexibility index (Phi) is 6.47. The molecule has 0 aliphatic heterocycles. The van der Waals surface area contributed by atoms with E-state index in [0.717, 1.165) is 32.9 Å². The minimum Gasteiger partial charge on any atom is -0.288 e. The number of aromatic nitrogens is 3. The van der Waals surface area contributed by atoms with Gasteiger partial charge in [0.15, 0.2) is 0 Å². The molecule has 0 amide bonds. The fraction of sp³-hybridized carbons (Fsp3) is 0.148. The van der Waals surface area contributed by atoms with Crippen LogP contribution in [0.4, 0.5) is 0 Å². The van der Waals surface area contributed by atoms with Gasteiger partial charge >= 0.3 is 0 Å². The van der Waals surface area contributed by atoms with Gasteiger partial charge < -0.3 is 0 Å². The Morgan fingerprint density at radius 2 is 1.76 bits per heavy atom. The van der Waals surface area contributed by atoms with Gasteiger partial charge in [-0.25, -0.2) is 4.98 Å². The van der Waals surface area contributed by atoms with E-state index in [9.17, 15) is 4.79 Å². The number of nitrogens with one attached hydrogen (secondary N) is 1. The van der Waals surface area contributed by atoms with Crippen molar-refractivity contribution in [3.63, 3.8) is 0 Å². The molecular weight excluding hydrogens is 460 g/mol. The molecule has 2 heterocycles. The van der Waals surface area contributed by atoms with Crippen LogP contribution in [0.15, 0.2) is 93.5 Å². The molecule has 1 N–H and O–H groups in total. The van der Waals surface area contributed by atoms with Crippen LogP contribution >= 0.6 is 23.1 Å². The Bertz CT molecular complexity index is 1480. The predicted octanol–water partition coefficient (Wildman–Crippen LogP) is 6.35. The molecule has 0 spiro atoms. The van der Waals surface area contributed by atoms with Crippen molar-refractivity contribution >= 4 is 39.0 Å². The molecule has 7 heteroatoms. The zero-order valence-electron chi connectivity index (χ0n) is 19.0. The smallest absolute Gasteiger partial charge is 0.283 e. The topological polar surface area (TPSA) is 63.0 Å². The second-order valence-corrected chi connectivity index (χ2v) is 10.1. The van der Waals surface area contributed by atoms with Gasteiger partial charge in [-0.1, -0.05) is 71.5 Å². The molecule has 34 heavy (non-hydrogen) atoms. The van der Waals surface area contributed by atoms with Gasteiger partial charge in [0, 0.05) is 28.5 Å². The van der Waals surface area contributed by atoms with Crippen molar-refractivity contribution in [2.45, 2.75) is 18.7 Å². The van der Waals surface area contributed by atoms with E-state index in [2.05, 4.69) is 41.3 Å². The summed E-state index contributed by atoms with van der Waals surface area (Å²) >= 11 is 3.26. The number of H-pyrrole nitrogens is 1. The summed E-state index contributed by atoms with van der Waals surface area (Å²) in [4.78, 5) is 24.2. The number of hydrogen-bond donors (Lipinski definition) is 1. The second-order valence-electron chi connectivity index (χ2n) is 7.96. The molecular formula is C27H24N4OS2. The van der Waals surface area contributed by atoms with Crippen LogP contribution in [-0.2, 0) is 0 Å². The van der Waals surface area contributed by atoms with Crippen LogP contribution in [0.1, 0.15) is 18.1 Å². The lowest BCUT2D eigenvalue weighted by Crippen LogP contribution is -2.19. The minimum absolute atomic E-state index is 0.134. The molecule has 0 radical (unpaired) electrons. The number of thioether (sulfide) groups is 1. The molecule has 0 fully saturated rings. The SMILES string of the molecule is CC(=NCCSc1ccc(C)cc1)c1c(-c2ccccc2)[nH]n(-c2nc3ccccc3s2)c1=O. The Morgan fingerprint density at radius 3 is 2.53 bits per heavy atom. The van der Waals surface area contributed by atoms with Gasteiger partial charge in [-0.3, -0.25) is 14.9 Å². The normalized spacial score (nSPS) is 11.9. The van der Waals surface area contributed by atoms with Crippen LogP contribution in [0, 0.1) is 6.92 Å². The Balaban J connectivity index is 1.47. The van der Waals surface area contributed by atoms with E-state index in [1.807, 2.05) is 61.5 Å². The highest BCUT2D eigenvalue weighted by Crippen LogP contribution is 2.26. The number of aliphatic imine (C=N–C) groups is 1. The minimum atomic E-state index is -0.134. The number of para-hydroxylation sites is 1. The summed E-state index contributed by atoms with van der Waals surface area (Å²) in [6, 6.07) is 26.3. The first-order valence-electron chi connectivity index (χ1n) is 11.1. The summed E-state index contributed by atoms with van der Waals surface area (Å²) in [5, 5.41) is 3.93. The molecule has 5 rings (SSSR count). The Labute approximate surface area is 206 Å². The first-order valence-corrected chi connectivity index (χ1v) is 12.9. The van der Waals surface area contributed by atoms with Gasteiger partial charge in [-0.15, -0.1) is 11.8 Å². The third-order valence-electron chi connectivity index (χ3n) is 5.52. The molecule has 3 aromatic carbocycles.